The molecule has 6 heteroatoms. The molecule has 0 aliphatic carbocycles. The molecule has 0 spiro atoms. The molecule has 0 atom stereocenters. The Balaban J connectivity index is 2.21. The molecule has 0 amide bonds. The van der Waals surface area contributed by atoms with E-state index in [4.69, 9.17) is 11.5 Å². The molecule has 0 aliphatic heterocycles. The molecule has 0 bridgehead atoms. The van der Waals surface area contributed by atoms with Crippen molar-refractivity contribution < 1.29 is 0 Å². The van der Waals surface area contributed by atoms with Crippen molar-refractivity contribution in [1.82, 2.24) is 19.5 Å². The first-order valence-electron chi connectivity index (χ1n) is 5.52. The minimum atomic E-state index is 0.345. The number of rotatable bonds is 2. The van der Waals surface area contributed by atoms with Crippen molar-refractivity contribution in [1.29, 1.82) is 0 Å². The van der Waals surface area contributed by atoms with Crippen LogP contribution in [-0.4, -0.2) is 19.5 Å². The molecular formula is C12H12N6. The maximum absolute atomic E-state index is 5.67. The number of nitrogens with zero attached hydrogens (tertiary/aromatic N) is 4. The minimum absolute atomic E-state index is 0.345. The Kier molecular flexibility index (Phi) is 2.42. The van der Waals surface area contributed by atoms with Crippen LogP contribution < -0.4 is 11.5 Å². The molecule has 0 aliphatic rings. The predicted molar refractivity (Wildman–Crippen MR) is 69.0 cm³/mol. The van der Waals surface area contributed by atoms with Crippen LogP contribution in [0.5, 0.6) is 0 Å². The maximum Gasteiger partial charge on any atom is 0.168 e. The zero-order valence-corrected chi connectivity index (χ0v) is 9.61. The van der Waals surface area contributed by atoms with Crippen LogP contribution in [0, 0.1) is 0 Å². The van der Waals surface area contributed by atoms with E-state index in [9.17, 15) is 0 Å². The van der Waals surface area contributed by atoms with Crippen LogP contribution in [0.2, 0.25) is 0 Å². The van der Waals surface area contributed by atoms with Gasteiger partial charge in [-0.3, -0.25) is 4.57 Å². The van der Waals surface area contributed by atoms with Crippen molar-refractivity contribution in [2.75, 3.05) is 5.73 Å². The number of aromatic nitrogens is 4. The molecule has 3 aromatic rings. The monoisotopic (exact) mass is 240 g/mol. The van der Waals surface area contributed by atoms with Crippen molar-refractivity contribution in [3.8, 4) is 5.69 Å². The van der Waals surface area contributed by atoms with E-state index < -0.39 is 0 Å². The summed E-state index contributed by atoms with van der Waals surface area (Å²) in [5.41, 5.74) is 15.2. The lowest BCUT2D eigenvalue weighted by atomic mass is 10.3. The Morgan fingerprint density at radius 1 is 1.06 bits per heavy atom. The molecule has 0 fully saturated rings. The Morgan fingerprint density at radius 2 is 1.83 bits per heavy atom. The number of hydrogen-bond donors (Lipinski definition) is 2. The molecule has 0 saturated heterocycles. The Morgan fingerprint density at radius 3 is 2.56 bits per heavy atom. The molecular weight excluding hydrogens is 228 g/mol. The van der Waals surface area contributed by atoms with Crippen LogP contribution >= 0.6 is 0 Å². The molecule has 2 heterocycles. The van der Waals surface area contributed by atoms with Gasteiger partial charge in [-0.25, -0.2) is 15.0 Å². The van der Waals surface area contributed by atoms with E-state index in [1.165, 1.54) is 6.33 Å². The second kappa shape index (κ2) is 4.08. The van der Waals surface area contributed by atoms with Crippen molar-refractivity contribution in [2.24, 2.45) is 5.73 Å². The van der Waals surface area contributed by atoms with E-state index in [-0.39, 0.29) is 0 Å². The quantitative estimate of drug-likeness (QED) is 0.647. The first kappa shape index (κ1) is 10.7. The van der Waals surface area contributed by atoms with Gasteiger partial charge in [0.05, 0.1) is 5.69 Å². The third kappa shape index (κ3) is 1.59. The summed E-state index contributed by atoms with van der Waals surface area (Å²) in [5, 5.41) is 0. The highest BCUT2D eigenvalue weighted by Crippen LogP contribution is 2.18. The number of hydrogen-bond acceptors (Lipinski definition) is 5. The van der Waals surface area contributed by atoms with E-state index in [2.05, 4.69) is 15.0 Å². The van der Waals surface area contributed by atoms with Gasteiger partial charge in [0, 0.05) is 17.9 Å². The Bertz CT molecular complexity index is 685. The zero-order valence-electron chi connectivity index (χ0n) is 9.61. The molecule has 90 valence electrons. The summed E-state index contributed by atoms with van der Waals surface area (Å²) in [7, 11) is 0. The second-order valence-electron chi connectivity index (χ2n) is 3.90. The van der Waals surface area contributed by atoms with E-state index in [0.29, 0.717) is 6.54 Å². The fourth-order valence-electron chi connectivity index (χ4n) is 1.86. The van der Waals surface area contributed by atoms with Crippen molar-refractivity contribution in [2.45, 2.75) is 6.54 Å². The smallest absolute Gasteiger partial charge is 0.168 e. The number of nitrogens with two attached hydrogens (primary N) is 2. The lowest BCUT2D eigenvalue weighted by Gasteiger charge is -2.04. The Hall–Kier alpha value is -2.47. The topological polar surface area (TPSA) is 95.6 Å². The largest absolute Gasteiger partial charge is 0.399 e. The molecule has 2 aromatic heterocycles. The second-order valence-corrected chi connectivity index (χ2v) is 3.90. The number of nitrogen functional groups attached to an aromatic ring is 1. The summed E-state index contributed by atoms with van der Waals surface area (Å²) in [5.74, 6) is 0. The van der Waals surface area contributed by atoms with Crippen LogP contribution in [0.25, 0.3) is 16.9 Å². The van der Waals surface area contributed by atoms with Crippen molar-refractivity contribution in [3.05, 3.63) is 42.6 Å². The average Bonchev–Trinajstić information content (AvgIpc) is 2.83. The fraction of sp³-hybridized carbons (Fsp3) is 0.0833. The number of anilines is 1. The fourth-order valence-corrected chi connectivity index (χ4v) is 1.86. The molecule has 3 rings (SSSR count). The molecule has 0 unspecified atom stereocenters. The van der Waals surface area contributed by atoms with Crippen LogP contribution in [0.3, 0.4) is 0 Å². The molecule has 0 saturated carbocycles. The molecule has 4 N–H and O–H groups in total. The van der Waals surface area contributed by atoms with Gasteiger partial charge in [-0.2, -0.15) is 0 Å². The van der Waals surface area contributed by atoms with Gasteiger partial charge in [-0.15, -0.1) is 0 Å². The summed E-state index contributed by atoms with van der Waals surface area (Å²) in [4.78, 5) is 12.7. The van der Waals surface area contributed by atoms with Crippen LogP contribution in [0.4, 0.5) is 5.69 Å². The summed E-state index contributed by atoms with van der Waals surface area (Å²) >= 11 is 0. The first-order chi connectivity index (χ1) is 8.79. The van der Waals surface area contributed by atoms with Crippen molar-refractivity contribution >= 4 is 16.9 Å². The van der Waals surface area contributed by atoms with Crippen LogP contribution in [0.1, 0.15) is 5.69 Å². The highest BCUT2D eigenvalue weighted by molar-refractivity contribution is 5.75. The molecule has 1 aromatic carbocycles. The van der Waals surface area contributed by atoms with E-state index in [1.54, 1.807) is 6.33 Å². The number of fused-ring (bicyclic) bond motifs is 1. The van der Waals surface area contributed by atoms with Gasteiger partial charge >= 0.3 is 0 Å². The van der Waals surface area contributed by atoms with Gasteiger partial charge in [0.1, 0.15) is 18.2 Å². The van der Waals surface area contributed by atoms with Gasteiger partial charge in [0.25, 0.3) is 0 Å². The summed E-state index contributed by atoms with van der Waals surface area (Å²) in [6, 6.07) is 7.51. The summed E-state index contributed by atoms with van der Waals surface area (Å²) in [6.07, 6.45) is 3.21. The summed E-state index contributed by atoms with van der Waals surface area (Å²) in [6.45, 7) is 0.345. The SMILES string of the molecule is NCc1ncnc2c1ncn2-c1ccc(N)cc1. The first-order valence-corrected chi connectivity index (χ1v) is 5.52. The van der Waals surface area contributed by atoms with Gasteiger partial charge < -0.3 is 11.5 Å². The average molecular weight is 240 g/mol. The lowest BCUT2D eigenvalue weighted by molar-refractivity contribution is 0.979. The van der Waals surface area contributed by atoms with Crippen LogP contribution in [-0.2, 0) is 6.54 Å². The highest BCUT2D eigenvalue weighted by atomic mass is 15.1. The van der Waals surface area contributed by atoms with Gasteiger partial charge in [0.2, 0.25) is 0 Å². The predicted octanol–water partition coefficient (Wildman–Crippen LogP) is 0.856. The van der Waals surface area contributed by atoms with Crippen molar-refractivity contribution in [3.63, 3.8) is 0 Å². The number of imidazole rings is 1. The molecule has 18 heavy (non-hydrogen) atoms. The Labute approximate surface area is 103 Å². The minimum Gasteiger partial charge on any atom is -0.399 e. The van der Waals surface area contributed by atoms with Gasteiger partial charge in [0.15, 0.2) is 5.65 Å². The molecule has 6 nitrogen and oxygen atoms in total. The van der Waals surface area contributed by atoms with Gasteiger partial charge in [-0.1, -0.05) is 0 Å². The highest BCUT2D eigenvalue weighted by Gasteiger charge is 2.09. The van der Waals surface area contributed by atoms with E-state index in [1.807, 2.05) is 28.8 Å². The van der Waals surface area contributed by atoms with Gasteiger partial charge in [-0.05, 0) is 24.3 Å². The van der Waals surface area contributed by atoms with E-state index >= 15 is 0 Å². The zero-order chi connectivity index (χ0) is 12.5. The van der Waals surface area contributed by atoms with E-state index in [0.717, 1.165) is 28.2 Å². The molecule has 0 radical (unpaired) electrons. The lowest BCUT2D eigenvalue weighted by Crippen LogP contribution is -2.02. The third-order valence-corrected chi connectivity index (χ3v) is 2.77. The maximum atomic E-state index is 5.67. The standard InChI is InChI=1S/C12H12N6/c13-5-10-11-12(16-6-15-10)18(7-17-11)9-3-1-8(14)2-4-9/h1-4,6-7H,5,13-14H2. The third-order valence-electron chi connectivity index (χ3n) is 2.77. The summed E-state index contributed by atoms with van der Waals surface area (Å²) < 4.78 is 1.88. The number of benzene rings is 1. The van der Waals surface area contributed by atoms with Crippen LogP contribution in [0.15, 0.2) is 36.9 Å². The normalized spacial score (nSPS) is 10.9.